The Morgan fingerprint density at radius 2 is 2.00 bits per heavy atom. The minimum Gasteiger partial charge on any atom is -0.465 e. The summed E-state index contributed by atoms with van der Waals surface area (Å²) in [5.41, 5.74) is 4.89. The topological polar surface area (TPSA) is 72.8 Å². The van der Waals surface area contributed by atoms with Gasteiger partial charge in [-0.25, -0.2) is 4.68 Å². The predicted molar refractivity (Wildman–Crippen MR) is 92.1 cm³/mol. The first-order valence-corrected chi connectivity index (χ1v) is 8.31. The second-order valence-corrected chi connectivity index (χ2v) is 6.39. The van der Waals surface area contributed by atoms with Crippen LogP contribution in [0.5, 0.6) is 6.01 Å². The van der Waals surface area contributed by atoms with Crippen molar-refractivity contribution in [2.45, 2.75) is 39.5 Å². The summed E-state index contributed by atoms with van der Waals surface area (Å²) < 4.78 is 7.04. The summed E-state index contributed by atoms with van der Waals surface area (Å²) in [6.07, 6.45) is 4.30. The van der Waals surface area contributed by atoms with Crippen molar-refractivity contribution in [1.29, 1.82) is 0 Å². The summed E-state index contributed by atoms with van der Waals surface area (Å²) in [7, 11) is 0. The first-order valence-electron chi connectivity index (χ1n) is 8.31. The lowest BCUT2D eigenvalue weighted by molar-refractivity contribution is 0.313. The molecule has 6 nitrogen and oxygen atoms in total. The van der Waals surface area contributed by atoms with Crippen LogP contribution in [0, 0.1) is 13.8 Å². The molecule has 2 heterocycles. The van der Waals surface area contributed by atoms with E-state index in [1.54, 1.807) is 10.9 Å². The van der Waals surface area contributed by atoms with Crippen molar-refractivity contribution in [2.75, 3.05) is 6.61 Å². The number of rotatable bonds is 4. The van der Waals surface area contributed by atoms with E-state index in [1.165, 1.54) is 18.4 Å². The van der Waals surface area contributed by atoms with E-state index < -0.39 is 0 Å². The molecule has 3 aromatic rings. The predicted octanol–water partition coefficient (Wildman–Crippen LogP) is 3.00. The zero-order valence-electron chi connectivity index (χ0n) is 14.1. The molecule has 1 aromatic carbocycles. The molecule has 1 aliphatic carbocycles. The third-order valence-corrected chi connectivity index (χ3v) is 4.44. The third kappa shape index (κ3) is 2.48. The molecule has 0 unspecified atom stereocenters. The van der Waals surface area contributed by atoms with Crippen molar-refractivity contribution in [3.63, 3.8) is 0 Å². The van der Waals surface area contributed by atoms with Gasteiger partial charge >= 0.3 is 0 Å². The quantitative estimate of drug-likeness (QED) is 0.800. The standard InChI is InChI=1S/C18H20N4O2/c1-4-24-18-19-16-14(17(23)20-18)9-22(21-16)15-10(2)7-13(8-11(15)3)12-5-6-12/h7-9,12H,4-6H2,1-3H3,(H,19,20,21,23). The Hall–Kier alpha value is -2.63. The number of aromatic amines is 1. The van der Waals surface area contributed by atoms with Crippen LogP contribution in [0.2, 0.25) is 0 Å². The number of nitrogens with zero attached hydrogens (tertiary/aromatic N) is 3. The summed E-state index contributed by atoms with van der Waals surface area (Å²) in [6.45, 7) is 6.46. The van der Waals surface area contributed by atoms with E-state index in [1.807, 2.05) is 6.92 Å². The summed E-state index contributed by atoms with van der Waals surface area (Å²) in [4.78, 5) is 19.1. The van der Waals surface area contributed by atoms with Crippen molar-refractivity contribution < 1.29 is 4.74 Å². The first-order chi connectivity index (χ1) is 11.6. The highest BCUT2D eigenvalue weighted by atomic mass is 16.5. The van der Waals surface area contributed by atoms with E-state index in [2.05, 4.69) is 41.0 Å². The number of aryl methyl sites for hydroxylation is 2. The van der Waals surface area contributed by atoms with Gasteiger partial charge in [0.25, 0.3) is 11.6 Å². The van der Waals surface area contributed by atoms with Gasteiger partial charge in [0.15, 0.2) is 5.65 Å². The molecule has 0 atom stereocenters. The SMILES string of the molecule is CCOc1nc2nn(-c3c(C)cc(C4CC4)cc3C)cc2c(=O)[nH]1. The van der Waals surface area contributed by atoms with E-state index in [4.69, 9.17) is 4.74 Å². The molecular weight excluding hydrogens is 304 g/mol. The van der Waals surface area contributed by atoms with Gasteiger partial charge in [0.1, 0.15) is 5.39 Å². The molecule has 0 amide bonds. The van der Waals surface area contributed by atoms with Crippen LogP contribution >= 0.6 is 0 Å². The zero-order chi connectivity index (χ0) is 16.8. The third-order valence-electron chi connectivity index (χ3n) is 4.44. The Morgan fingerprint density at radius 1 is 1.29 bits per heavy atom. The molecule has 0 aliphatic heterocycles. The summed E-state index contributed by atoms with van der Waals surface area (Å²) in [5, 5.41) is 4.97. The summed E-state index contributed by atoms with van der Waals surface area (Å²) >= 11 is 0. The molecule has 2 aromatic heterocycles. The van der Waals surface area contributed by atoms with E-state index in [9.17, 15) is 4.79 Å². The van der Waals surface area contributed by atoms with Crippen LogP contribution < -0.4 is 10.3 Å². The number of benzene rings is 1. The van der Waals surface area contributed by atoms with Crippen LogP contribution in [0.4, 0.5) is 0 Å². The number of aromatic nitrogens is 4. The van der Waals surface area contributed by atoms with Crippen LogP contribution in [0.3, 0.4) is 0 Å². The number of H-pyrrole nitrogens is 1. The zero-order valence-corrected chi connectivity index (χ0v) is 14.1. The number of hydrogen-bond donors (Lipinski definition) is 1. The largest absolute Gasteiger partial charge is 0.465 e. The van der Waals surface area contributed by atoms with Crippen molar-refractivity contribution in [3.8, 4) is 11.7 Å². The normalized spacial score (nSPS) is 14.3. The molecule has 0 radical (unpaired) electrons. The Balaban J connectivity index is 1.84. The van der Waals surface area contributed by atoms with Crippen molar-refractivity contribution in [1.82, 2.24) is 19.7 Å². The molecule has 0 saturated heterocycles. The van der Waals surface area contributed by atoms with Crippen LogP contribution in [-0.2, 0) is 0 Å². The van der Waals surface area contributed by atoms with Gasteiger partial charge in [-0.05, 0) is 56.2 Å². The lowest BCUT2D eigenvalue weighted by atomic mass is 10.0. The molecule has 1 N–H and O–H groups in total. The second kappa shape index (κ2) is 5.47. The molecule has 1 saturated carbocycles. The van der Waals surface area contributed by atoms with Gasteiger partial charge in [-0.2, -0.15) is 4.98 Å². The van der Waals surface area contributed by atoms with E-state index in [0.717, 1.165) is 16.8 Å². The van der Waals surface area contributed by atoms with Crippen LogP contribution in [-0.4, -0.2) is 26.4 Å². The highest BCUT2D eigenvalue weighted by Gasteiger charge is 2.25. The Morgan fingerprint density at radius 3 is 2.62 bits per heavy atom. The number of ether oxygens (including phenoxy) is 1. The van der Waals surface area contributed by atoms with E-state index in [0.29, 0.717) is 23.6 Å². The van der Waals surface area contributed by atoms with Crippen LogP contribution in [0.25, 0.3) is 16.7 Å². The molecule has 1 fully saturated rings. The van der Waals surface area contributed by atoms with Crippen LogP contribution in [0.1, 0.15) is 42.4 Å². The summed E-state index contributed by atoms with van der Waals surface area (Å²) in [6, 6.07) is 4.67. The molecule has 0 spiro atoms. The average Bonchev–Trinajstić information content (AvgIpc) is 3.28. The van der Waals surface area contributed by atoms with Crippen LogP contribution in [0.15, 0.2) is 23.1 Å². The molecule has 1 aliphatic rings. The maximum absolute atomic E-state index is 12.2. The molecule has 124 valence electrons. The summed E-state index contributed by atoms with van der Waals surface area (Å²) in [5.74, 6) is 0.714. The fourth-order valence-electron chi connectivity index (χ4n) is 3.22. The van der Waals surface area contributed by atoms with E-state index >= 15 is 0 Å². The Kier molecular flexibility index (Phi) is 3.40. The fraction of sp³-hybridized carbons (Fsp3) is 0.389. The van der Waals surface area contributed by atoms with Crippen molar-refractivity contribution in [2.24, 2.45) is 0 Å². The number of hydrogen-bond acceptors (Lipinski definition) is 4. The second-order valence-electron chi connectivity index (χ2n) is 6.39. The smallest absolute Gasteiger partial charge is 0.298 e. The average molecular weight is 324 g/mol. The Bertz CT molecular complexity index is 959. The van der Waals surface area contributed by atoms with Gasteiger partial charge < -0.3 is 4.74 Å². The minimum atomic E-state index is -0.236. The van der Waals surface area contributed by atoms with Gasteiger partial charge in [-0.15, -0.1) is 5.10 Å². The lowest BCUT2D eigenvalue weighted by Crippen LogP contribution is -2.09. The molecule has 24 heavy (non-hydrogen) atoms. The lowest BCUT2D eigenvalue weighted by Gasteiger charge is -2.12. The minimum absolute atomic E-state index is 0.206. The van der Waals surface area contributed by atoms with Gasteiger partial charge in [-0.3, -0.25) is 9.78 Å². The fourth-order valence-corrected chi connectivity index (χ4v) is 3.22. The number of fused-ring (bicyclic) bond motifs is 1. The Labute approximate surface area is 139 Å². The maximum atomic E-state index is 12.2. The van der Waals surface area contributed by atoms with E-state index in [-0.39, 0.29) is 11.6 Å². The molecule has 0 bridgehead atoms. The maximum Gasteiger partial charge on any atom is 0.298 e. The van der Waals surface area contributed by atoms with Crippen molar-refractivity contribution in [3.05, 3.63) is 45.4 Å². The number of nitrogens with one attached hydrogen (secondary N) is 1. The highest BCUT2D eigenvalue weighted by molar-refractivity contribution is 5.74. The highest BCUT2D eigenvalue weighted by Crippen LogP contribution is 2.41. The molecule has 4 rings (SSSR count). The first kappa shape index (κ1) is 14.9. The van der Waals surface area contributed by atoms with Gasteiger partial charge in [0.05, 0.1) is 12.3 Å². The molecular formula is C18H20N4O2. The molecule has 6 heteroatoms. The van der Waals surface area contributed by atoms with Gasteiger partial charge in [-0.1, -0.05) is 12.1 Å². The van der Waals surface area contributed by atoms with Crippen molar-refractivity contribution >= 4 is 11.0 Å². The van der Waals surface area contributed by atoms with Gasteiger partial charge in [0.2, 0.25) is 0 Å². The monoisotopic (exact) mass is 324 g/mol. The van der Waals surface area contributed by atoms with Gasteiger partial charge in [0, 0.05) is 6.20 Å².